The topological polar surface area (TPSA) is 109 Å². The van der Waals surface area contributed by atoms with E-state index in [0.29, 0.717) is 5.56 Å². The van der Waals surface area contributed by atoms with E-state index in [-0.39, 0.29) is 37.8 Å². The minimum absolute atomic E-state index is 0.0300. The second-order valence-corrected chi connectivity index (χ2v) is 6.63. The van der Waals surface area contributed by atoms with Crippen LogP contribution in [0, 0.1) is 11.3 Å². The maximum atomic E-state index is 12.4. The third-order valence-electron chi connectivity index (χ3n) is 3.47. The SMILES string of the molecule is COc1cc(/C=C(/C#N)C(=O)Nc2cccc(Cl)c2Cl)cc(Cl)c1OCC(=O)O. The summed E-state index contributed by atoms with van der Waals surface area (Å²) in [5, 5.41) is 21.1. The molecule has 0 spiro atoms. The normalized spacial score (nSPS) is 10.8. The quantitative estimate of drug-likeness (QED) is 0.464. The molecule has 0 saturated carbocycles. The highest BCUT2D eigenvalue weighted by Crippen LogP contribution is 2.37. The van der Waals surface area contributed by atoms with Crippen LogP contribution in [0.1, 0.15) is 5.56 Å². The van der Waals surface area contributed by atoms with Gasteiger partial charge in [0.05, 0.1) is 27.9 Å². The van der Waals surface area contributed by atoms with Gasteiger partial charge in [-0.05, 0) is 35.9 Å². The molecule has 0 bridgehead atoms. The van der Waals surface area contributed by atoms with E-state index in [2.05, 4.69) is 5.32 Å². The van der Waals surface area contributed by atoms with Crippen molar-refractivity contribution in [2.45, 2.75) is 0 Å². The molecule has 1 amide bonds. The summed E-state index contributed by atoms with van der Waals surface area (Å²) in [6, 6.07) is 9.33. The number of carbonyl (C=O) groups excluding carboxylic acids is 1. The zero-order valence-corrected chi connectivity index (χ0v) is 17.1. The summed E-state index contributed by atoms with van der Waals surface area (Å²) in [6.07, 6.45) is 1.28. The number of nitrogens with one attached hydrogen (secondary N) is 1. The number of halogens is 3. The van der Waals surface area contributed by atoms with Crippen molar-refractivity contribution in [1.29, 1.82) is 5.26 Å². The molecule has 0 aliphatic carbocycles. The second-order valence-electron chi connectivity index (χ2n) is 5.44. The van der Waals surface area contributed by atoms with Gasteiger partial charge in [0.15, 0.2) is 18.1 Å². The number of rotatable bonds is 7. The van der Waals surface area contributed by atoms with Crippen LogP contribution in [0.25, 0.3) is 6.08 Å². The van der Waals surface area contributed by atoms with E-state index in [1.54, 1.807) is 18.2 Å². The van der Waals surface area contributed by atoms with Crippen LogP contribution in [-0.4, -0.2) is 30.7 Å². The summed E-state index contributed by atoms with van der Waals surface area (Å²) in [5.41, 5.74) is 0.370. The van der Waals surface area contributed by atoms with Gasteiger partial charge in [-0.2, -0.15) is 5.26 Å². The Morgan fingerprint density at radius 1 is 1.24 bits per heavy atom. The molecule has 0 unspecified atom stereocenters. The number of nitrogens with zero attached hydrogens (tertiary/aromatic N) is 1. The highest BCUT2D eigenvalue weighted by Gasteiger charge is 2.16. The lowest BCUT2D eigenvalue weighted by Gasteiger charge is -2.12. The van der Waals surface area contributed by atoms with Crippen molar-refractivity contribution in [1.82, 2.24) is 0 Å². The lowest BCUT2D eigenvalue weighted by molar-refractivity contribution is -0.139. The van der Waals surface area contributed by atoms with Crippen LogP contribution in [0.5, 0.6) is 11.5 Å². The minimum Gasteiger partial charge on any atom is -0.493 e. The van der Waals surface area contributed by atoms with Crippen molar-refractivity contribution in [2.75, 3.05) is 19.0 Å². The molecule has 2 aromatic rings. The van der Waals surface area contributed by atoms with Crippen molar-refractivity contribution in [3.05, 3.63) is 56.5 Å². The van der Waals surface area contributed by atoms with Crippen LogP contribution in [0.2, 0.25) is 15.1 Å². The third kappa shape index (κ3) is 5.78. The summed E-state index contributed by atoms with van der Waals surface area (Å²) < 4.78 is 10.3. The smallest absolute Gasteiger partial charge is 0.341 e. The maximum Gasteiger partial charge on any atom is 0.341 e. The fourth-order valence-electron chi connectivity index (χ4n) is 2.20. The van der Waals surface area contributed by atoms with Crippen LogP contribution < -0.4 is 14.8 Å². The Hall–Kier alpha value is -2.92. The summed E-state index contributed by atoms with van der Waals surface area (Å²) in [4.78, 5) is 23.1. The van der Waals surface area contributed by atoms with Crippen LogP contribution in [0.3, 0.4) is 0 Å². The Labute approximate surface area is 181 Å². The summed E-state index contributed by atoms with van der Waals surface area (Å²) in [7, 11) is 1.34. The Kier molecular flexibility index (Phi) is 7.74. The molecule has 0 radical (unpaired) electrons. The van der Waals surface area contributed by atoms with E-state index < -0.39 is 18.5 Å². The first kappa shape index (κ1) is 22.4. The molecule has 150 valence electrons. The van der Waals surface area contributed by atoms with Gasteiger partial charge in [0.25, 0.3) is 5.91 Å². The number of ether oxygens (including phenoxy) is 2. The van der Waals surface area contributed by atoms with Gasteiger partial charge in [0.1, 0.15) is 11.6 Å². The zero-order valence-electron chi connectivity index (χ0n) is 14.8. The fraction of sp³-hybridized carbons (Fsp3) is 0.105. The summed E-state index contributed by atoms with van der Waals surface area (Å²) >= 11 is 18.1. The molecule has 29 heavy (non-hydrogen) atoms. The monoisotopic (exact) mass is 454 g/mol. The van der Waals surface area contributed by atoms with Gasteiger partial charge < -0.3 is 19.9 Å². The van der Waals surface area contributed by atoms with Crippen molar-refractivity contribution >= 4 is 58.4 Å². The van der Waals surface area contributed by atoms with Gasteiger partial charge >= 0.3 is 5.97 Å². The average molecular weight is 456 g/mol. The number of aliphatic carboxylic acids is 1. The van der Waals surface area contributed by atoms with Crippen LogP contribution in [0.15, 0.2) is 35.9 Å². The lowest BCUT2D eigenvalue weighted by Crippen LogP contribution is -2.14. The van der Waals surface area contributed by atoms with Gasteiger partial charge in [-0.25, -0.2) is 4.79 Å². The standard InChI is InChI=1S/C19H13Cl3N2O5/c1-28-15-7-10(6-13(21)18(15)29-9-16(25)26)5-11(8-23)19(27)24-14-4-2-3-12(20)17(14)22/h2-7H,9H2,1H3,(H,24,27)(H,25,26)/b11-5-. The van der Waals surface area contributed by atoms with Crippen LogP contribution in [-0.2, 0) is 9.59 Å². The number of nitriles is 1. The number of hydrogen-bond acceptors (Lipinski definition) is 5. The summed E-state index contributed by atoms with van der Waals surface area (Å²) in [6.45, 7) is -0.614. The highest BCUT2D eigenvalue weighted by molar-refractivity contribution is 6.44. The van der Waals surface area contributed by atoms with Crippen LogP contribution in [0.4, 0.5) is 5.69 Å². The van der Waals surface area contributed by atoms with Gasteiger partial charge in [-0.15, -0.1) is 0 Å². The summed E-state index contributed by atoms with van der Waals surface area (Å²) in [5.74, 6) is -1.73. The first-order valence-electron chi connectivity index (χ1n) is 7.86. The predicted octanol–water partition coefficient (Wildman–Crippen LogP) is 4.66. The van der Waals surface area contributed by atoms with Crippen molar-refractivity contribution in [3.63, 3.8) is 0 Å². The van der Waals surface area contributed by atoms with Gasteiger partial charge in [0, 0.05) is 0 Å². The molecule has 0 aromatic heterocycles. The van der Waals surface area contributed by atoms with Crippen LogP contribution >= 0.6 is 34.8 Å². The number of hydrogen-bond donors (Lipinski definition) is 2. The zero-order chi connectivity index (χ0) is 21.6. The Morgan fingerprint density at radius 2 is 1.97 bits per heavy atom. The lowest BCUT2D eigenvalue weighted by atomic mass is 10.1. The first-order chi connectivity index (χ1) is 13.8. The first-order valence-corrected chi connectivity index (χ1v) is 8.99. The third-order valence-corrected chi connectivity index (χ3v) is 4.57. The number of methoxy groups -OCH3 is 1. The molecular weight excluding hydrogens is 443 g/mol. The van der Waals surface area contributed by atoms with E-state index in [0.717, 1.165) is 0 Å². The Bertz CT molecular complexity index is 1030. The molecule has 2 rings (SSSR count). The molecule has 10 heteroatoms. The molecule has 2 N–H and O–H groups in total. The van der Waals surface area contributed by atoms with E-state index >= 15 is 0 Å². The Balaban J connectivity index is 2.33. The Morgan fingerprint density at radius 3 is 2.59 bits per heavy atom. The molecule has 0 saturated heterocycles. The molecule has 0 atom stereocenters. The van der Waals surface area contributed by atoms with E-state index in [1.807, 2.05) is 0 Å². The molecule has 0 fully saturated rings. The number of carbonyl (C=O) groups is 2. The van der Waals surface area contributed by atoms with E-state index in [4.69, 9.17) is 49.4 Å². The largest absolute Gasteiger partial charge is 0.493 e. The number of carboxylic acid groups (broad SMARTS) is 1. The molecule has 0 aliphatic rings. The van der Waals surface area contributed by atoms with E-state index in [9.17, 15) is 14.9 Å². The maximum absolute atomic E-state index is 12.4. The van der Waals surface area contributed by atoms with Gasteiger partial charge in [-0.1, -0.05) is 40.9 Å². The average Bonchev–Trinajstić information content (AvgIpc) is 2.68. The number of amides is 1. The van der Waals surface area contributed by atoms with Crippen molar-refractivity contribution < 1.29 is 24.2 Å². The fourth-order valence-corrected chi connectivity index (χ4v) is 2.82. The van der Waals surface area contributed by atoms with Gasteiger partial charge in [0.2, 0.25) is 0 Å². The molecule has 2 aromatic carbocycles. The molecule has 0 aliphatic heterocycles. The minimum atomic E-state index is -1.18. The predicted molar refractivity (Wildman–Crippen MR) is 110 cm³/mol. The highest BCUT2D eigenvalue weighted by atomic mass is 35.5. The molecule has 7 nitrogen and oxygen atoms in total. The van der Waals surface area contributed by atoms with Crippen molar-refractivity contribution in [2.24, 2.45) is 0 Å². The van der Waals surface area contributed by atoms with E-state index in [1.165, 1.54) is 31.4 Å². The number of anilines is 1. The second kappa shape index (κ2) is 10.0. The van der Waals surface area contributed by atoms with Crippen molar-refractivity contribution in [3.8, 4) is 17.6 Å². The molecular formula is C19H13Cl3N2O5. The number of carboxylic acids is 1. The number of benzene rings is 2. The van der Waals surface area contributed by atoms with Gasteiger partial charge in [-0.3, -0.25) is 4.79 Å². The molecule has 0 heterocycles.